The Hall–Kier alpha value is -4.58. The molecule has 0 heterocycles. The molecule has 0 saturated carbocycles. The van der Waals surface area contributed by atoms with Gasteiger partial charge in [-0.2, -0.15) is 0 Å². The average Bonchev–Trinajstić information content (AvgIpc) is 3.11. The van der Waals surface area contributed by atoms with Crippen LogP contribution in [0, 0.1) is 17.0 Å². The molecule has 0 fully saturated rings. The van der Waals surface area contributed by atoms with Crippen molar-refractivity contribution in [3.05, 3.63) is 134 Å². The maximum Gasteiger partial charge on any atom is 0.339 e. The summed E-state index contributed by atoms with van der Waals surface area (Å²) in [6.45, 7) is 6.12. The number of carbonyl (C=O) groups is 1. The number of oxime groups is 1. The zero-order chi connectivity index (χ0) is 26.2. The molecule has 1 aliphatic carbocycles. The standard InChI is InChI=1S/C31H26N2O4/c1-20-9-7-8-12-24(20)30(32-37-29(34)17-21-10-5-4-6-11-21)22-13-15-25-26-16-14-23(33(35)36)19-28(26)31(2,3)27(25)18-22/h4-16,18-19H,17H2,1-3H3/b32-30-. The molecule has 6 nitrogen and oxygen atoms in total. The van der Waals surface area contributed by atoms with Crippen molar-refractivity contribution in [1.29, 1.82) is 0 Å². The topological polar surface area (TPSA) is 81.8 Å². The van der Waals surface area contributed by atoms with Crippen LogP contribution < -0.4 is 0 Å². The summed E-state index contributed by atoms with van der Waals surface area (Å²) in [4.78, 5) is 29.1. The molecule has 1 aliphatic rings. The summed E-state index contributed by atoms with van der Waals surface area (Å²) in [5, 5.41) is 15.8. The van der Waals surface area contributed by atoms with Gasteiger partial charge >= 0.3 is 5.97 Å². The van der Waals surface area contributed by atoms with E-state index in [0.29, 0.717) is 5.71 Å². The molecule has 184 valence electrons. The molecule has 0 aromatic heterocycles. The third-order valence-corrected chi connectivity index (χ3v) is 6.97. The molecule has 0 atom stereocenters. The van der Waals surface area contributed by atoms with Gasteiger partial charge in [-0.1, -0.05) is 85.7 Å². The van der Waals surface area contributed by atoms with Crippen LogP contribution in [0.2, 0.25) is 0 Å². The fraction of sp³-hybridized carbons (Fsp3) is 0.161. The van der Waals surface area contributed by atoms with E-state index in [1.165, 1.54) is 0 Å². The van der Waals surface area contributed by atoms with Gasteiger partial charge in [0.05, 0.1) is 11.3 Å². The second kappa shape index (κ2) is 9.47. The molecule has 37 heavy (non-hydrogen) atoms. The van der Waals surface area contributed by atoms with Crippen LogP contribution in [0.4, 0.5) is 5.69 Å². The van der Waals surface area contributed by atoms with Crippen LogP contribution in [-0.4, -0.2) is 16.6 Å². The zero-order valence-electron chi connectivity index (χ0n) is 20.9. The number of hydrogen-bond donors (Lipinski definition) is 0. The van der Waals surface area contributed by atoms with E-state index >= 15 is 0 Å². The first-order valence-corrected chi connectivity index (χ1v) is 12.1. The van der Waals surface area contributed by atoms with E-state index in [0.717, 1.165) is 44.5 Å². The molecular formula is C31H26N2O4. The minimum atomic E-state index is -0.451. The summed E-state index contributed by atoms with van der Waals surface area (Å²) in [6, 6.07) is 28.3. The minimum absolute atomic E-state index is 0.0762. The second-order valence-corrected chi connectivity index (χ2v) is 9.75. The Balaban J connectivity index is 1.55. The third kappa shape index (κ3) is 4.54. The van der Waals surface area contributed by atoms with Gasteiger partial charge < -0.3 is 4.84 Å². The van der Waals surface area contributed by atoms with Crippen LogP contribution in [0.3, 0.4) is 0 Å². The summed E-state index contributed by atoms with van der Waals surface area (Å²) in [6.07, 6.45) is 0.122. The lowest BCUT2D eigenvalue weighted by molar-refractivity contribution is -0.384. The lowest BCUT2D eigenvalue weighted by atomic mass is 9.81. The van der Waals surface area contributed by atoms with Gasteiger partial charge in [0.25, 0.3) is 5.69 Å². The molecule has 5 rings (SSSR count). The first-order valence-electron chi connectivity index (χ1n) is 12.1. The number of nitro groups is 1. The highest BCUT2D eigenvalue weighted by Gasteiger charge is 2.37. The Bertz CT molecular complexity index is 1550. The highest BCUT2D eigenvalue weighted by Crippen LogP contribution is 2.49. The number of non-ortho nitro benzene ring substituents is 1. The van der Waals surface area contributed by atoms with E-state index in [2.05, 4.69) is 25.1 Å². The Morgan fingerprint density at radius 1 is 0.892 bits per heavy atom. The van der Waals surface area contributed by atoms with E-state index in [-0.39, 0.29) is 17.0 Å². The highest BCUT2D eigenvalue weighted by molar-refractivity contribution is 6.14. The number of benzene rings is 4. The van der Waals surface area contributed by atoms with Crippen molar-refractivity contribution in [2.24, 2.45) is 5.16 Å². The SMILES string of the molecule is Cc1ccccc1/C(=N\OC(=O)Cc1ccccc1)c1ccc2c(c1)C(C)(C)c1cc([N+](=O)[O-])ccc1-2. The monoisotopic (exact) mass is 490 g/mol. The molecule has 0 radical (unpaired) electrons. The smallest absolute Gasteiger partial charge is 0.317 e. The molecule has 0 amide bonds. The molecule has 4 aromatic rings. The largest absolute Gasteiger partial charge is 0.339 e. The molecule has 0 spiro atoms. The normalized spacial score (nSPS) is 13.5. The number of carbonyl (C=O) groups excluding carboxylic acids is 1. The molecule has 0 unspecified atom stereocenters. The van der Waals surface area contributed by atoms with E-state index < -0.39 is 11.4 Å². The van der Waals surface area contributed by atoms with Crippen molar-refractivity contribution in [2.45, 2.75) is 32.6 Å². The van der Waals surface area contributed by atoms with Gasteiger partial charge in [-0.25, -0.2) is 4.79 Å². The summed E-state index contributed by atoms with van der Waals surface area (Å²) >= 11 is 0. The van der Waals surface area contributed by atoms with Crippen molar-refractivity contribution in [2.75, 3.05) is 0 Å². The first kappa shape index (κ1) is 24.1. The van der Waals surface area contributed by atoms with Crippen LogP contribution >= 0.6 is 0 Å². The van der Waals surface area contributed by atoms with E-state index in [1.807, 2.05) is 79.7 Å². The minimum Gasteiger partial charge on any atom is -0.317 e. The number of fused-ring (bicyclic) bond motifs is 3. The Labute approximate surface area is 215 Å². The van der Waals surface area contributed by atoms with E-state index in [1.54, 1.807) is 12.1 Å². The first-order chi connectivity index (χ1) is 17.8. The van der Waals surface area contributed by atoms with Crippen molar-refractivity contribution >= 4 is 17.4 Å². The molecule has 0 N–H and O–H groups in total. The van der Waals surface area contributed by atoms with Crippen LogP contribution in [0.15, 0.2) is 96.2 Å². The number of nitrogens with zero attached hydrogens (tertiary/aromatic N) is 2. The summed E-state index contributed by atoms with van der Waals surface area (Å²) in [5.74, 6) is -0.446. The lowest BCUT2D eigenvalue weighted by Gasteiger charge is -2.22. The number of rotatable bonds is 6. The summed E-state index contributed by atoms with van der Waals surface area (Å²) in [5.41, 5.74) is 7.67. The van der Waals surface area contributed by atoms with E-state index in [9.17, 15) is 14.9 Å². The average molecular weight is 491 g/mol. The molecule has 0 bridgehead atoms. The van der Waals surface area contributed by atoms with Gasteiger partial charge in [0.15, 0.2) is 0 Å². The molecule has 0 saturated heterocycles. The maximum absolute atomic E-state index is 12.6. The van der Waals surface area contributed by atoms with Crippen molar-refractivity contribution < 1.29 is 14.6 Å². The van der Waals surface area contributed by atoms with E-state index in [4.69, 9.17) is 4.84 Å². The predicted octanol–water partition coefficient (Wildman–Crippen LogP) is 6.75. The Morgan fingerprint density at radius 2 is 1.54 bits per heavy atom. The maximum atomic E-state index is 12.6. The molecule has 0 aliphatic heterocycles. The Morgan fingerprint density at radius 3 is 2.24 bits per heavy atom. The van der Waals surface area contributed by atoms with Crippen molar-refractivity contribution in [3.8, 4) is 11.1 Å². The Kier molecular flexibility index (Phi) is 6.17. The number of hydrogen-bond acceptors (Lipinski definition) is 5. The van der Waals surface area contributed by atoms with Crippen molar-refractivity contribution in [1.82, 2.24) is 0 Å². The van der Waals surface area contributed by atoms with Gasteiger partial charge in [0, 0.05) is 28.7 Å². The second-order valence-electron chi connectivity index (χ2n) is 9.75. The van der Waals surface area contributed by atoms with Gasteiger partial charge in [0.2, 0.25) is 0 Å². The van der Waals surface area contributed by atoms with Crippen LogP contribution in [-0.2, 0) is 21.5 Å². The fourth-order valence-electron chi connectivity index (χ4n) is 4.97. The quantitative estimate of drug-likeness (QED) is 0.130. The number of nitro benzene ring substituents is 1. The van der Waals surface area contributed by atoms with Crippen LogP contribution in [0.5, 0.6) is 0 Å². The predicted molar refractivity (Wildman–Crippen MR) is 144 cm³/mol. The van der Waals surface area contributed by atoms with Crippen LogP contribution in [0.1, 0.15) is 47.2 Å². The lowest BCUT2D eigenvalue weighted by Crippen LogP contribution is -2.17. The summed E-state index contributed by atoms with van der Waals surface area (Å²) in [7, 11) is 0. The van der Waals surface area contributed by atoms with Gasteiger partial charge in [0.1, 0.15) is 5.71 Å². The van der Waals surface area contributed by atoms with Gasteiger partial charge in [-0.05, 0) is 52.4 Å². The fourth-order valence-corrected chi connectivity index (χ4v) is 4.97. The van der Waals surface area contributed by atoms with Crippen molar-refractivity contribution in [3.63, 3.8) is 0 Å². The number of aryl methyl sites for hydroxylation is 1. The van der Waals surface area contributed by atoms with Gasteiger partial charge in [-0.15, -0.1) is 0 Å². The van der Waals surface area contributed by atoms with Crippen LogP contribution in [0.25, 0.3) is 11.1 Å². The highest BCUT2D eigenvalue weighted by atomic mass is 16.7. The van der Waals surface area contributed by atoms with Gasteiger partial charge in [-0.3, -0.25) is 10.1 Å². The third-order valence-electron chi connectivity index (χ3n) is 6.97. The molecule has 4 aromatic carbocycles. The summed E-state index contributed by atoms with van der Waals surface area (Å²) < 4.78 is 0. The molecule has 6 heteroatoms. The molecular weight excluding hydrogens is 464 g/mol. The zero-order valence-corrected chi connectivity index (χ0v) is 20.9.